The Morgan fingerprint density at radius 2 is 1.42 bits per heavy atom. The van der Waals surface area contributed by atoms with Crippen molar-refractivity contribution in [3.8, 4) is 11.5 Å². The van der Waals surface area contributed by atoms with Crippen molar-refractivity contribution >= 4 is 17.7 Å². The minimum atomic E-state index is -0.234. The first-order chi connectivity index (χ1) is 15.0. The van der Waals surface area contributed by atoms with Gasteiger partial charge in [0.15, 0.2) is 24.7 Å². The average Bonchev–Trinajstić information content (AvgIpc) is 2.77. The number of carbonyl (C=O) groups excluding carboxylic acids is 3. The van der Waals surface area contributed by atoms with E-state index < -0.39 is 0 Å². The number of ether oxygens (including phenoxy) is 2. The fraction of sp³-hybridized carbons (Fsp3) is 0.591. The molecule has 0 aromatic heterocycles. The van der Waals surface area contributed by atoms with Crippen LogP contribution in [0.3, 0.4) is 0 Å². The fourth-order valence-corrected chi connectivity index (χ4v) is 3.28. The van der Waals surface area contributed by atoms with Crippen LogP contribution < -0.4 is 20.1 Å². The average molecular weight is 435 g/mol. The third-order valence-electron chi connectivity index (χ3n) is 4.99. The monoisotopic (exact) mass is 434 g/mol. The van der Waals surface area contributed by atoms with Gasteiger partial charge in [-0.1, -0.05) is 12.1 Å². The number of nitrogens with zero attached hydrogens (tertiary/aromatic N) is 2. The molecule has 2 rings (SSSR count). The molecule has 172 valence electrons. The zero-order chi connectivity index (χ0) is 22.5. The summed E-state index contributed by atoms with van der Waals surface area (Å²) in [7, 11) is 0. The quantitative estimate of drug-likeness (QED) is 0.722. The second kappa shape index (κ2) is 13.5. The number of nitrogens with one attached hydrogen (secondary N) is 2. The summed E-state index contributed by atoms with van der Waals surface area (Å²) >= 11 is 0. The predicted octanol–water partition coefficient (Wildman–Crippen LogP) is 0.641. The molecule has 2 N–H and O–H groups in total. The van der Waals surface area contributed by atoms with Crippen LogP contribution in [0.15, 0.2) is 24.3 Å². The van der Waals surface area contributed by atoms with Crippen LogP contribution in [0.25, 0.3) is 0 Å². The summed E-state index contributed by atoms with van der Waals surface area (Å²) in [5, 5.41) is 5.68. The minimum Gasteiger partial charge on any atom is -0.480 e. The lowest BCUT2D eigenvalue weighted by Crippen LogP contribution is -2.42. The molecule has 0 atom stereocenters. The van der Waals surface area contributed by atoms with Crippen molar-refractivity contribution in [2.24, 2.45) is 0 Å². The molecule has 0 bridgehead atoms. The normalized spacial score (nSPS) is 17.2. The van der Waals surface area contributed by atoms with E-state index in [1.807, 2.05) is 13.8 Å². The van der Waals surface area contributed by atoms with Gasteiger partial charge in [0, 0.05) is 39.3 Å². The molecule has 0 fully saturated rings. The maximum absolute atomic E-state index is 12.5. The Kier molecular flexibility index (Phi) is 10.6. The molecular formula is C22H34N4O5. The predicted molar refractivity (Wildman–Crippen MR) is 117 cm³/mol. The second-order valence-electron chi connectivity index (χ2n) is 7.27. The van der Waals surface area contributed by atoms with Crippen LogP contribution in [-0.4, -0.2) is 86.5 Å². The molecule has 0 unspecified atom stereocenters. The Morgan fingerprint density at radius 3 is 1.87 bits per heavy atom. The number of hydrogen-bond acceptors (Lipinski definition) is 6. The maximum atomic E-state index is 12.5. The molecule has 0 radical (unpaired) electrons. The molecule has 1 aliphatic heterocycles. The smallest absolute Gasteiger partial charge is 0.257 e. The molecule has 31 heavy (non-hydrogen) atoms. The van der Waals surface area contributed by atoms with E-state index in [1.165, 1.54) is 0 Å². The van der Waals surface area contributed by atoms with E-state index in [1.54, 1.807) is 29.2 Å². The lowest BCUT2D eigenvalue weighted by Gasteiger charge is -2.26. The van der Waals surface area contributed by atoms with Gasteiger partial charge in [0.25, 0.3) is 11.8 Å². The molecule has 9 nitrogen and oxygen atoms in total. The SMILES string of the molecule is CCN(CC)C(=O)CN1CCCNC(=O)COc2ccccc2OCC(=O)NCCC1. The Balaban J connectivity index is 1.97. The highest BCUT2D eigenvalue weighted by Gasteiger charge is 2.16. The molecule has 3 amide bonds. The number of benzene rings is 1. The molecule has 0 aliphatic carbocycles. The largest absolute Gasteiger partial charge is 0.480 e. The van der Waals surface area contributed by atoms with Gasteiger partial charge in [-0.25, -0.2) is 0 Å². The first kappa shape index (κ1) is 24.5. The zero-order valence-electron chi connectivity index (χ0n) is 18.5. The summed E-state index contributed by atoms with van der Waals surface area (Å²) in [5.41, 5.74) is 0. The van der Waals surface area contributed by atoms with Crippen LogP contribution in [0.2, 0.25) is 0 Å². The number of rotatable bonds is 4. The Morgan fingerprint density at radius 1 is 0.935 bits per heavy atom. The van der Waals surface area contributed by atoms with E-state index in [-0.39, 0.29) is 30.9 Å². The van der Waals surface area contributed by atoms with Gasteiger partial charge in [0.1, 0.15) is 0 Å². The second-order valence-corrected chi connectivity index (χ2v) is 7.27. The first-order valence-corrected chi connectivity index (χ1v) is 10.9. The summed E-state index contributed by atoms with van der Waals surface area (Å²) < 4.78 is 11.1. The number of hydrogen-bond donors (Lipinski definition) is 2. The molecule has 0 spiro atoms. The van der Waals surface area contributed by atoms with Crippen molar-refractivity contribution in [3.05, 3.63) is 24.3 Å². The molecule has 1 aliphatic rings. The summed E-state index contributed by atoms with van der Waals surface area (Å²) in [6.07, 6.45) is 1.42. The number of likely N-dealkylation sites (N-methyl/N-ethyl adjacent to an activating group) is 1. The first-order valence-electron chi connectivity index (χ1n) is 10.9. The molecule has 9 heteroatoms. The minimum absolute atomic E-state index is 0.0866. The van der Waals surface area contributed by atoms with Gasteiger partial charge in [-0.15, -0.1) is 0 Å². The van der Waals surface area contributed by atoms with Crippen molar-refractivity contribution < 1.29 is 23.9 Å². The topological polar surface area (TPSA) is 100 Å². The van der Waals surface area contributed by atoms with E-state index in [0.717, 1.165) is 0 Å². The summed E-state index contributed by atoms with van der Waals surface area (Å²) in [6, 6.07) is 6.94. The standard InChI is InChI=1S/C22H34N4O5/c1-3-26(4-2)22(29)15-25-13-7-11-23-20(27)16-30-18-9-5-6-10-19(18)31-17-21(28)24-12-8-14-25/h5-6,9-10H,3-4,7-8,11-17H2,1-2H3,(H,23,27)(H,24,28). The van der Waals surface area contributed by atoms with Gasteiger partial charge in [-0.2, -0.15) is 0 Å². The maximum Gasteiger partial charge on any atom is 0.257 e. The Hall–Kier alpha value is -2.81. The molecule has 0 saturated heterocycles. The van der Waals surface area contributed by atoms with Crippen LogP contribution in [0.4, 0.5) is 0 Å². The van der Waals surface area contributed by atoms with Gasteiger partial charge in [-0.3, -0.25) is 19.3 Å². The van der Waals surface area contributed by atoms with E-state index in [2.05, 4.69) is 15.5 Å². The van der Waals surface area contributed by atoms with Crippen LogP contribution in [0.5, 0.6) is 11.5 Å². The van der Waals surface area contributed by atoms with Gasteiger partial charge in [0.05, 0.1) is 6.54 Å². The van der Waals surface area contributed by atoms with Crippen molar-refractivity contribution in [2.45, 2.75) is 26.7 Å². The summed E-state index contributed by atoms with van der Waals surface area (Å²) in [5.74, 6) is 0.445. The highest BCUT2D eigenvalue weighted by molar-refractivity contribution is 5.79. The van der Waals surface area contributed by atoms with Crippen LogP contribution >= 0.6 is 0 Å². The molecule has 1 aromatic carbocycles. The van der Waals surface area contributed by atoms with E-state index >= 15 is 0 Å². The Labute approximate surface area is 184 Å². The molecular weight excluding hydrogens is 400 g/mol. The number of fused-ring (bicyclic) bond motifs is 1. The third-order valence-corrected chi connectivity index (χ3v) is 4.99. The van der Waals surface area contributed by atoms with Crippen molar-refractivity contribution in [2.75, 3.05) is 59.0 Å². The van der Waals surface area contributed by atoms with Gasteiger partial charge >= 0.3 is 0 Å². The van der Waals surface area contributed by atoms with Crippen LogP contribution in [0, 0.1) is 0 Å². The van der Waals surface area contributed by atoms with Gasteiger partial charge in [-0.05, 0) is 38.8 Å². The van der Waals surface area contributed by atoms with Gasteiger partial charge < -0.3 is 25.0 Å². The van der Waals surface area contributed by atoms with Crippen LogP contribution in [0.1, 0.15) is 26.7 Å². The highest BCUT2D eigenvalue weighted by atomic mass is 16.5. The lowest BCUT2D eigenvalue weighted by atomic mass is 10.3. The van der Waals surface area contributed by atoms with Crippen LogP contribution in [-0.2, 0) is 14.4 Å². The van der Waals surface area contributed by atoms with E-state index in [0.29, 0.717) is 70.2 Å². The number of carbonyl (C=O) groups is 3. The van der Waals surface area contributed by atoms with Crippen molar-refractivity contribution in [1.29, 1.82) is 0 Å². The molecule has 0 saturated carbocycles. The van der Waals surface area contributed by atoms with Crippen molar-refractivity contribution in [1.82, 2.24) is 20.4 Å². The van der Waals surface area contributed by atoms with E-state index in [9.17, 15) is 14.4 Å². The fourth-order valence-electron chi connectivity index (χ4n) is 3.28. The summed E-state index contributed by atoms with van der Waals surface area (Å²) in [6.45, 7) is 7.66. The summed E-state index contributed by atoms with van der Waals surface area (Å²) in [4.78, 5) is 40.6. The number of amides is 3. The third kappa shape index (κ3) is 8.84. The van der Waals surface area contributed by atoms with E-state index in [4.69, 9.17) is 9.47 Å². The van der Waals surface area contributed by atoms with Gasteiger partial charge in [0.2, 0.25) is 5.91 Å². The zero-order valence-corrected chi connectivity index (χ0v) is 18.5. The lowest BCUT2D eigenvalue weighted by molar-refractivity contribution is -0.132. The molecule has 1 aromatic rings. The molecule has 1 heterocycles. The number of para-hydroxylation sites is 2. The highest BCUT2D eigenvalue weighted by Crippen LogP contribution is 2.26. The Bertz CT molecular complexity index is 677. The van der Waals surface area contributed by atoms with Crippen molar-refractivity contribution in [3.63, 3.8) is 0 Å².